The fourth-order valence-corrected chi connectivity index (χ4v) is 1.03. The number of alkyl halides is 3. The molecule has 0 heterocycles. The van der Waals surface area contributed by atoms with E-state index in [0.29, 0.717) is 13.0 Å². The molecule has 0 fully saturated rings. The Morgan fingerprint density at radius 3 is 2.82 bits per heavy atom. The first-order chi connectivity index (χ1) is 8.04. The molecular formula is C12H11F3NO. The topological polar surface area (TPSA) is 21.6 Å². The van der Waals surface area contributed by atoms with Crippen molar-refractivity contribution in [3.05, 3.63) is 48.0 Å². The van der Waals surface area contributed by atoms with E-state index < -0.39 is 11.7 Å². The fraction of sp³-hybridized carbons (Fsp3) is 0.250. The van der Waals surface area contributed by atoms with Crippen LogP contribution in [0.3, 0.4) is 0 Å². The van der Waals surface area contributed by atoms with Gasteiger partial charge in [-0.05, 0) is 12.1 Å². The van der Waals surface area contributed by atoms with Crippen molar-refractivity contribution in [3.8, 4) is 0 Å². The molecule has 91 valence electrons. The minimum absolute atomic E-state index is 0.221. The lowest BCUT2D eigenvalue weighted by molar-refractivity contribution is -0.137. The Balaban J connectivity index is 2.63. The van der Waals surface area contributed by atoms with Crippen molar-refractivity contribution in [1.82, 2.24) is 0 Å². The molecule has 5 heteroatoms. The zero-order chi connectivity index (χ0) is 12.7. The fourth-order valence-electron chi connectivity index (χ4n) is 1.03. The molecule has 0 amide bonds. The summed E-state index contributed by atoms with van der Waals surface area (Å²) in [6.45, 7) is 3.82. The van der Waals surface area contributed by atoms with Gasteiger partial charge in [-0.25, -0.2) is 0 Å². The molecule has 0 spiro atoms. The maximum Gasteiger partial charge on any atom is 0.416 e. The van der Waals surface area contributed by atoms with Crippen LogP contribution in [0.2, 0.25) is 0 Å². The highest BCUT2D eigenvalue weighted by molar-refractivity contribution is 5.79. The Hall–Kier alpha value is -1.78. The second kappa shape index (κ2) is 6.08. The number of hydrogen-bond donors (Lipinski definition) is 0. The third kappa shape index (κ3) is 4.72. The molecule has 0 atom stereocenters. The van der Waals surface area contributed by atoms with Crippen molar-refractivity contribution in [3.63, 3.8) is 0 Å². The Kier molecular flexibility index (Phi) is 4.75. The molecule has 2 nitrogen and oxygen atoms in total. The van der Waals surface area contributed by atoms with Gasteiger partial charge in [0.25, 0.3) is 0 Å². The zero-order valence-electron chi connectivity index (χ0n) is 9.00. The first-order valence-corrected chi connectivity index (χ1v) is 4.90. The van der Waals surface area contributed by atoms with Crippen LogP contribution in [0.15, 0.2) is 42.1 Å². The summed E-state index contributed by atoms with van der Waals surface area (Å²) in [5.41, 5.74) is -0.512. The van der Waals surface area contributed by atoms with Crippen LogP contribution in [0, 0.1) is 0 Å². The number of hydrogen-bond acceptors (Lipinski definition) is 2. The van der Waals surface area contributed by atoms with Gasteiger partial charge in [-0.1, -0.05) is 23.4 Å². The lowest BCUT2D eigenvalue weighted by Gasteiger charge is -2.06. The zero-order valence-corrected chi connectivity index (χ0v) is 9.00. The average molecular weight is 242 g/mol. The highest BCUT2D eigenvalue weighted by atomic mass is 19.4. The van der Waals surface area contributed by atoms with E-state index in [1.807, 2.05) is 0 Å². The predicted octanol–water partition coefficient (Wildman–Crippen LogP) is 3.51. The van der Waals surface area contributed by atoms with Gasteiger partial charge in [-0.3, -0.25) is 0 Å². The van der Waals surface area contributed by atoms with Crippen molar-refractivity contribution >= 4 is 6.21 Å². The molecule has 0 aliphatic heterocycles. The van der Waals surface area contributed by atoms with E-state index in [1.165, 1.54) is 12.1 Å². The summed E-state index contributed by atoms with van der Waals surface area (Å²) in [7, 11) is 0. The van der Waals surface area contributed by atoms with E-state index in [4.69, 9.17) is 4.84 Å². The van der Waals surface area contributed by atoms with Crippen molar-refractivity contribution in [2.24, 2.45) is 5.16 Å². The van der Waals surface area contributed by atoms with Crippen LogP contribution < -0.4 is 0 Å². The maximum atomic E-state index is 12.4. The summed E-state index contributed by atoms with van der Waals surface area (Å²) < 4.78 is 37.1. The predicted molar refractivity (Wildman–Crippen MR) is 58.7 cm³/mol. The summed E-state index contributed by atoms with van der Waals surface area (Å²) in [4.78, 5) is 4.76. The molecule has 1 aromatic carbocycles. The smallest absolute Gasteiger partial charge is 0.395 e. The first-order valence-electron chi connectivity index (χ1n) is 4.90. The monoisotopic (exact) mass is 242 g/mol. The van der Waals surface area contributed by atoms with E-state index >= 15 is 0 Å². The molecule has 0 unspecified atom stereocenters. The molecule has 1 rings (SSSR count). The van der Waals surface area contributed by atoms with Gasteiger partial charge in [0.1, 0.15) is 12.8 Å². The summed E-state index contributed by atoms with van der Waals surface area (Å²) >= 11 is 0. The molecule has 0 aliphatic rings. The highest BCUT2D eigenvalue weighted by Crippen LogP contribution is 2.29. The average Bonchev–Trinajstić information content (AvgIpc) is 2.28. The second-order valence-corrected chi connectivity index (χ2v) is 3.19. The quantitative estimate of drug-likeness (QED) is 0.335. The highest BCUT2D eigenvalue weighted by Gasteiger charge is 2.30. The largest absolute Gasteiger partial charge is 0.416 e. The van der Waals surface area contributed by atoms with Gasteiger partial charge < -0.3 is 4.84 Å². The third-order valence-corrected chi connectivity index (χ3v) is 1.84. The van der Waals surface area contributed by atoms with Crippen LogP contribution in [0.5, 0.6) is 0 Å². The van der Waals surface area contributed by atoms with E-state index in [1.54, 1.807) is 6.08 Å². The number of rotatable bonds is 5. The van der Waals surface area contributed by atoms with Gasteiger partial charge in [0, 0.05) is 12.0 Å². The van der Waals surface area contributed by atoms with E-state index in [0.717, 1.165) is 12.1 Å². The molecular weight excluding hydrogens is 231 g/mol. The molecule has 1 radical (unpaired) electrons. The Labute approximate surface area is 97.4 Å². The Bertz CT molecular complexity index is 399. The van der Waals surface area contributed by atoms with Crippen LogP contribution >= 0.6 is 0 Å². The minimum atomic E-state index is -4.36. The van der Waals surface area contributed by atoms with Gasteiger partial charge >= 0.3 is 6.18 Å². The number of nitrogens with zero attached hydrogens (tertiary/aromatic N) is 1. The molecule has 0 aromatic heterocycles. The lowest BCUT2D eigenvalue weighted by atomic mass is 10.1. The summed E-state index contributed by atoms with van der Waals surface area (Å²) in [5.74, 6) is 0. The molecule has 0 saturated carbocycles. The summed E-state index contributed by atoms with van der Waals surface area (Å²) in [5, 5.41) is 3.44. The van der Waals surface area contributed by atoms with Crippen molar-refractivity contribution in [2.75, 3.05) is 6.61 Å². The molecule has 0 bridgehead atoms. The summed E-state index contributed by atoms with van der Waals surface area (Å²) in [6.07, 6.45) is 0.296. The minimum Gasteiger partial charge on any atom is -0.395 e. The van der Waals surface area contributed by atoms with Crippen LogP contribution in [0.25, 0.3) is 0 Å². The Morgan fingerprint density at radius 2 is 2.18 bits per heavy atom. The van der Waals surface area contributed by atoms with E-state index in [2.05, 4.69) is 17.9 Å². The molecule has 17 heavy (non-hydrogen) atoms. The Morgan fingerprint density at radius 1 is 1.41 bits per heavy atom. The number of benzene rings is 1. The first kappa shape index (κ1) is 13.3. The third-order valence-electron chi connectivity index (χ3n) is 1.84. The van der Waals surface area contributed by atoms with Crippen molar-refractivity contribution in [1.29, 1.82) is 0 Å². The molecule has 0 saturated heterocycles. The maximum absolute atomic E-state index is 12.4. The van der Waals surface area contributed by atoms with E-state index in [-0.39, 0.29) is 5.56 Å². The summed E-state index contributed by atoms with van der Waals surface area (Å²) in [6, 6.07) is 4.71. The molecule has 1 aromatic rings. The normalized spacial score (nSPS) is 11.7. The van der Waals surface area contributed by atoms with Gasteiger partial charge in [0.15, 0.2) is 0 Å². The molecule has 0 aliphatic carbocycles. The second-order valence-electron chi connectivity index (χ2n) is 3.19. The van der Waals surface area contributed by atoms with Crippen LogP contribution in [-0.4, -0.2) is 12.8 Å². The van der Waals surface area contributed by atoms with Gasteiger partial charge in [-0.2, -0.15) is 13.2 Å². The lowest BCUT2D eigenvalue weighted by Crippen LogP contribution is -2.05. The van der Waals surface area contributed by atoms with Crippen LogP contribution in [0.4, 0.5) is 13.2 Å². The van der Waals surface area contributed by atoms with Crippen molar-refractivity contribution < 1.29 is 18.0 Å². The van der Waals surface area contributed by atoms with Gasteiger partial charge in [0.05, 0.1) is 5.56 Å². The van der Waals surface area contributed by atoms with Crippen molar-refractivity contribution in [2.45, 2.75) is 12.6 Å². The van der Waals surface area contributed by atoms with Crippen LogP contribution in [-0.2, 0) is 11.0 Å². The molecule has 0 N–H and O–H groups in total. The van der Waals surface area contributed by atoms with E-state index in [9.17, 15) is 13.2 Å². The van der Waals surface area contributed by atoms with Gasteiger partial charge in [-0.15, -0.1) is 6.58 Å². The van der Waals surface area contributed by atoms with Gasteiger partial charge in [0.2, 0.25) is 0 Å². The van der Waals surface area contributed by atoms with Crippen LogP contribution in [0.1, 0.15) is 17.5 Å². The number of halogens is 3. The standard InChI is InChI=1S/C12H11F3NO/c1-2-3-7-17-16-9-10-5-4-6-11(8-10)12(13,14)15/h2,4-6,8H,1,3,7H2. The SMILES string of the molecule is C=CCCON=[C]c1cccc(C(F)(F)F)c1.